The van der Waals surface area contributed by atoms with Crippen LogP contribution >= 0.6 is 15.9 Å². The van der Waals surface area contributed by atoms with Crippen molar-refractivity contribution in [3.63, 3.8) is 0 Å². The van der Waals surface area contributed by atoms with Gasteiger partial charge in [-0.25, -0.2) is 4.39 Å². The van der Waals surface area contributed by atoms with Crippen molar-refractivity contribution in [3.8, 4) is 0 Å². The maximum Gasteiger partial charge on any atom is 0.125 e. The van der Waals surface area contributed by atoms with Gasteiger partial charge >= 0.3 is 0 Å². The molecule has 0 radical (unpaired) electrons. The van der Waals surface area contributed by atoms with Gasteiger partial charge in [-0.15, -0.1) is 0 Å². The molecule has 1 nitrogen and oxygen atoms in total. The Kier molecular flexibility index (Phi) is 4.59. The molecule has 1 N–H and O–H groups in total. The lowest BCUT2D eigenvalue weighted by Gasteiger charge is -2.19. The predicted molar refractivity (Wildman–Crippen MR) is 81.9 cm³/mol. The van der Waals surface area contributed by atoms with Gasteiger partial charge in [0.2, 0.25) is 0 Å². The van der Waals surface area contributed by atoms with Crippen molar-refractivity contribution in [2.75, 3.05) is 5.32 Å². The number of anilines is 1. The van der Waals surface area contributed by atoms with Crippen molar-refractivity contribution < 1.29 is 4.39 Å². The largest absolute Gasteiger partial charge is 0.378 e. The van der Waals surface area contributed by atoms with Crippen molar-refractivity contribution in [2.45, 2.75) is 26.3 Å². The summed E-state index contributed by atoms with van der Waals surface area (Å²) in [4.78, 5) is 0. The first-order valence-electron chi connectivity index (χ1n) is 6.37. The normalized spacial score (nSPS) is 12.2. The molecule has 0 bridgehead atoms. The van der Waals surface area contributed by atoms with Gasteiger partial charge in [-0.05, 0) is 54.8 Å². The summed E-state index contributed by atoms with van der Waals surface area (Å²) < 4.78 is 14.5. The molecule has 1 unspecified atom stereocenters. The van der Waals surface area contributed by atoms with Crippen molar-refractivity contribution in [1.82, 2.24) is 0 Å². The summed E-state index contributed by atoms with van der Waals surface area (Å²) in [5.74, 6) is -0.201. The highest BCUT2D eigenvalue weighted by Gasteiger charge is 2.09. The third-order valence-corrected chi connectivity index (χ3v) is 3.59. The topological polar surface area (TPSA) is 12.0 Å². The predicted octanol–water partition coefficient (Wildman–Crippen LogP) is 5.46. The molecule has 1 atom stereocenters. The maximum absolute atomic E-state index is 13.4. The van der Waals surface area contributed by atoms with Gasteiger partial charge in [0.15, 0.2) is 0 Å². The fraction of sp³-hybridized carbons (Fsp3) is 0.250. The molecule has 0 heterocycles. The third-order valence-electron chi connectivity index (χ3n) is 3.06. The van der Waals surface area contributed by atoms with Crippen LogP contribution in [0.2, 0.25) is 0 Å². The van der Waals surface area contributed by atoms with Gasteiger partial charge in [0.05, 0.1) is 6.04 Å². The molecule has 0 aromatic heterocycles. The Hall–Kier alpha value is -1.35. The summed E-state index contributed by atoms with van der Waals surface area (Å²) in [5.41, 5.74) is 2.95. The highest BCUT2D eigenvalue weighted by atomic mass is 79.9. The molecule has 0 fully saturated rings. The Morgan fingerprint density at radius 2 is 1.84 bits per heavy atom. The molecule has 0 aliphatic heterocycles. The molecular formula is C16H17BrFN. The third kappa shape index (κ3) is 3.80. The van der Waals surface area contributed by atoms with E-state index < -0.39 is 0 Å². The Bertz CT molecular complexity index is 531. The molecule has 3 heteroatoms. The van der Waals surface area contributed by atoms with E-state index in [0.717, 1.165) is 22.1 Å². The van der Waals surface area contributed by atoms with Gasteiger partial charge in [0, 0.05) is 10.2 Å². The smallest absolute Gasteiger partial charge is 0.125 e. The first kappa shape index (κ1) is 14.1. The summed E-state index contributed by atoms with van der Waals surface area (Å²) in [6.07, 6.45) is 0.942. The van der Waals surface area contributed by atoms with E-state index in [0.29, 0.717) is 0 Å². The molecule has 0 aliphatic carbocycles. The van der Waals surface area contributed by atoms with E-state index in [4.69, 9.17) is 0 Å². The fourth-order valence-corrected chi connectivity index (χ4v) is 2.40. The van der Waals surface area contributed by atoms with Crippen LogP contribution in [0, 0.1) is 12.7 Å². The minimum absolute atomic E-state index is 0.189. The van der Waals surface area contributed by atoms with Gasteiger partial charge < -0.3 is 5.32 Å². The number of halogens is 2. The quantitative estimate of drug-likeness (QED) is 0.788. The minimum Gasteiger partial charge on any atom is -0.378 e. The van der Waals surface area contributed by atoms with Crippen LogP contribution in [-0.4, -0.2) is 0 Å². The maximum atomic E-state index is 13.4. The van der Waals surface area contributed by atoms with Crippen LogP contribution in [0.3, 0.4) is 0 Å². The number of nitrogens with one attached hydrogen (secondary N) is 1. The van der Waals surface area contributed by atoms with E-state index in [1.165, 1.54) is 17.7 Å². The van der Waals surface area contributed by atoms with E-state index >= 15 is 0 Å². The van der Waals surface area contributed by atoms with Crippen LogP contribution in [0.5, 0.6) is 0 Å². The molecule has 19 heavy (non-hydrogen) atoms. The lowest BCUT2D eigenvalue weighted by atomic mass is 10.0. The van der Waals surface area contributed by atoms with Gasteiger partial charge in [-0.3, -0.25) is 0 Å². The second kappa shape index (κ2) is 6.20. The average Bonchev–Trinajstić information content (AvgIpc) is 2.36. The second-order valence-corrected chi connectivity index (χ2v) is 5.59. The van der Waals surface area contributed by atoms with E-state index in [9.17, 15) is 4.39 Å². The van der Waals surface area contributed by atoms with Crippen molar-refractivity contribution in [3.05, 3.63) is 63.9 Å². The van der Waals surface area contributed by atoms with Crippen LogP contribution in [0.25, 0.3) is 0 Å². The average molecular weight is 322 g/mol. The van der Waals surface area contributed by atoms with Crippen LogP contribution in [0.1, 0.15) is 30.5 Å². The Morgan fingerprint density at radius 3 is 2.42 bits per heavy atom. The lowest BCUT2D eigenvalue weighted by molar-refractivity contribution is 0.626. The molecular weight excluding hydrogens is 305 g/mol. The Morgan fingerprint density at radius 1 is 1.16 bits per heavy atom. The molecule has 0 aliphatic rings. The molecule has 0 spiro atoms. The SMILES string of the molecule is CCC(Nc1cc(C)cc(F)c1)c1ccc(Br)cc1. The van der Waals surface area contributed by atoms with E-state index in [2.05, 4.69) is 40.3 Å². The first-order valence-corrected chi connectivity index (χ1v) is 7.17. The van der Waals surface area contributed by atoms with E-state index in [1.807, 2.05) is 25.1 Å². The lowest BCUT2D eigenvalue weighted by Crippen LogP contribution is -2.09. The van der Waals surface area contributed by atoms with E-state index in [-0.39, 0.29) is 11.9 Å². The Balaban J connectivity index is 2.21. The number of hydrogen-bond donors (Lipinski definition) is 1. The zero-order valence-electron chi connectivity index (χ0n) is 11.1. The molecule has 0 saturated carbocycles. The van der Waals surface area contributed by atoms with Gasteiger partial charge in [-0.1, -0.05) is 35.0 Å². The molecule has 0 amide bonds. The van der Waals surface area contributed by atoms with Crippen molar-refractivity contribution in [2.24, 2.45) is 0 Å². The van der Waals surface area contributed by atoms with Crippen molar-refractivity contribution >= 4 is 21.6 Å². The summed E-state index contributed by atoms with van der Waals surface area (Å²) in [6, 6.07) is 13.4. The fourth-order valence-electron chi connectivity index (χ4n) is 2.14. The van der Waals surface area contributed by atoms with Gasteiger partial charge in [-0.2, -0.15) is 0 Å². The monoisotopic (exact) mass is 321 g/mol. The minimum atomic E-state index is -0.201. The van der Waals surface area contributed by atoms with Crippen LogP contribution in [-0.2, 0) is 0 Å². The van der Waals surface area contributed by atoms with E-state index in [1.54, 1.807) is 0 Å². The zero-order valence-corrected chi connectivity index (χ0v) is 12.7. The van der Waals surface area contributed by atoms with Crippen LogP contribution in [0.4, 0.5) is 10.1 Å². The summed E-state index contributed by atoms with van der Waals surface area (Å²) in [5, 5.41) is 3.39. The van der Waals surface area contributed by atoms with Crippen LogP contribution < -0.4 is 5.32 Å². The van der Waals surface area contributed by atoms with Gasteiger partial charge in [0.25, 0.3) is 0 Å². The molecule has 100 valence electrons. The zero-order chi connectivity index (χ0) is 13.8. The Labute approximate surface area is 122 Å². The molecule has 2 rings (SSSR count). The molecule has 0 saturated heterocycles. The number of hydrogen-bond acceptors (Lipinski definition) is 1. The summed E-state index contributed by atoms with van der Waals surface area (Å²) in [7, 11) is 0. The highest BCUT2D eigenvalue weighted by Crippen LogP contribution is 2.25. The summed E-state index contributed by atoms with van der Waals surface area (Å²) >= 11 is 3.43. The van der Waals surface area contributed by atoms with Crippen molar-refractivity contribution in [1.29, 1.82) is 0 Å². The van der Waals surface area contributed by atoms with Gasteiger partial charge in [0.1, 0.15) is 5.82 Å². The standard InChI is InChI=1S/C16H17BrFN/c1-3-16(12-4-6-13(17)7-5-12)19-15-9-11(2)8-14(18)10-15/h4-10,16,19H,3H2,1-2H3. The molecule has 2 aromatic carbocycles. The number of benzene rings is 2. The summed E-state index contributed by atoms with van der Waals surface area (Å²) in [6.45, 7) is 4.01. The molecule has 2 aromatic rings. The first-order chi connectivity index (χ1) is 9.08. The number of rotatable bonds is 4. The number of aryl methyl sites for hydroxylation is 1. The highest BCUT2D eigenvalue weighted by molar-refractivity contribution is 9.10. The second-order valence-electron chi connectivity index (χ2n) is 4.67. The van der Waals surface area contributed by atoms with Crippen LogP contribution in [0.15, 0.2) is 46.9 Å².